The summed E-state index contributed by atoms with van der Waals surface area (Å²) in [6.45, 7) is 4.06. The van der Waals surface area contributed by atoms with Crippen LogP contribution in [0.5, 0.6) is 5.75 Å². The summed E-state index contributed by atoms with van der Waals surface area (Å²) in [5.74, 6) is 0.0866. The fourth-order valence-corrected chi connectivity index (χ4v) is 3.27. The number of benzene rings is 1. The Morgan fingerprint density at radius 3 is 2.52 bits per heavy atom. The van der Waals surface area contributed by atoms with Crippen molar-refractivity contribution in [2.75, 3.05) is 19.5 Å². The van der Waals surface area contributed by atoms with Gasteiger partial charge in [0.05, 0.1) is 17.7 Å². The predicted molar refractivity (Wildman–Crippen MR) is 92.8 cm³/mol. The Bertz CT molecular complexity index is 737. The summed E-state index contributed by atoms with van der Waals surface area (Å²) in [7, 11) is 3.08. The van der Waals surface area contributed by atoms with E-state index in [-0.39, 0.29) is 11.8 Å². The Morgan fingerprint density at radius 2 is 1.96 bits per heavy atom. The number of methoxy groups -OCH3 is 1. The van der Waals surface area contributed by atoms with Gasteiger partial charge in [-0.2, -0.15) is 0 Å². The largest absolute Gasteiger partial charge is 0.495 e. The lowest BCUT2D eigenvalue weighted by atomic mass is 10.1. The molecule has 1 aromatic carbocycles. The zero-order valence-electron chi connectivity index (χ0n) is 13.6. The average Bonchev–Trinajstić information content (AvgIpc) is 2.95. The minimum absolute atomic E-state index is 0.204. The summed E-state index contributed by atoms with van der Waals surface area (Å²) in [4.78, 5) is 26.0. The van der Waals surface area contributed by atoms with Crippen molar-refractivity contribution in [3.05, 3.63) is 45.1 Å². The van der Waals surface area contributed by atoms with E-state index in [9.17, 15) is 9.59 Å². The van der Waals surface area contributed by atoms with Gasteiger partial charge in [0, 0.05) is 17.5 Å². The first-order valence-corrected chi connectivity index (χ1v) is 8.12. The molecule has 2 aromatic rings. The molecule has 2 N–H and O–H groups in total. The maximum absolute atomic E-state index is 12.5. The fourth-order valence-electron chi connectivity index (χ4n) is 2.26. The molecule has 0 bridgehead atoms. The number of amides is 2. The predicted octanol–water partition coefficient (Wildman–Crippen LogP) is 3.24. The van der Waals surface area contributed by atoms with Gasteiger partial charge in [-0.1, -0.05) is 6.92 Å². The minimum Gasteiger partial charge on any atom is -0.495 e. The quantitative estimate of drug-likeness (QED) is 0.883. The third-order valence-electron chi connectivity index (χ3n) is 3.50. The minimum atomic E-state index is -0.219. The van der Waals surface area contributed by atoms with E-state index in [1.54, 1.807) is 25.2 Å². The Labute approximate surface area is 139 Å². The molecule has 1 heterocycles. The summed E-state index contributed by atoms with van der Waals surface area (Å²) >= 11 is 1.48. The van der Waals surface area contributed by atoms with Gasteiger partial charge in [0.15, 0.2) is 0 Å². The van der Waals surface area contributed by atoms with Crippen LogP contribution in [0.4, 0.5) is 5.69 Å². The zero-order valence-corrected chi connectivity index (χ0v) is 14.5. The van der Waals surface area contributed by atoms with E-state index in [1.807, 2.05) is 13.0 Å². The van der Waals surface area contributed by atoms with E-state index >= 15 is 0 Å². The van der Waals surface area contributed by atoms with Crippen LogP contribution in [-0.2, 0) is 6.42 Å². The molecule has 0 saturated carbocycles. The maximum Gasteiger partial charge on any atom is 0.265 e. The van der Waals surface area contributed by atoms with E-state index in [0.717, 1.165) is 12.0 Å². The molecule has 23 heavy (non-hydrogen) atoms. The topological polar surface area (TPSA) is 67.4 Å². The van der Waals surface area contributed by atoms with E-state index in [2.05, 4.69) is 17.6 Å². The number of carbonyl (C=O) groups excluding carboxylic acids is 2. The summed E-state index contributed by atoms with van der Waals surface area (Å²) in [6, 6.07) is 6.81. The molecule has 1 aromatic heterocycles. The van der Waals surface area contributed by atoms with E-state index < -0.39 is 0 Å². The van der Waals surface area contributed by atoms with Gasteiger partial charge in [-0.15, -0.1) is 11.3 Å². The molecule has 5 nitrogen and oxygen atoms in total. The van der Waals surface area contributed by atoms with Gasteiger partial charge >= 0.3 is 0 Å². The smallest absolute Gasteiger partial charge is 0.265 e. The molecule has 0 radical (unpaired) electrons. The monoisotopic (exact) mass is 332 g/mol. The second-order valence-corrected chi connectivity index (χ2v) is 6.16. The SMILES string of the molecule is CCc1sc(C(=O)Nc2cc(C(=O)NC)ccc2OC)cc1C. The van der Waals surface area contributed by atoms with Crippen molar-refractivity contribution in [1.82, 2.24) is 5.32 Å². The van der Waals surface area contributed by atoms with Crippen LogP contribution in [-0.4, -0.2) is 26.0 Å². The molecule has 0 aliphatic heterocycles. The fraction of sp³-hybridized carbons (Fsp3) is 0.294. The molecule has 2 rings (SSSR count). The highest BCUT2D eigenvalue weighted by Crippen LogP contribution is 2.28. The Hall–Kier alpha value is -2.34. The van der Waals surface area contributed by atoms with Gasteiger partial charge in [0.25, 0.3) is 11.8 Å². The average molecular weight is 332 g/mol. The lowest BCUT2D eigenvalue weighted by Crippen LogP contribution is -2.18. The molecule has 122 valence electrons. The van der Waals surface area contributed by atoms with Crippen LogP contribution in [0.25, 0.3) is 0 Å². The van der Waals surface area contributed by atoms with E-state index in [0.29, 0.717) is 21.9 Å². The van der Waals surface area contributed by atoms with Gasteiger partial charge in [-0.05, 0) is 43.2 Å². The van der Waals surface area contributed by atoms with Crippen molar-refractivity contribution in [1.29, 1.82) is 0 Å². The summed E-state index contributed by atoms with van der Waals surface area (Å²) in [5, 5.41) is 5.39. The highest BCUT2D eigenvalue weighted by molar-refractivity contribution is 7.14. The van der Waals surface area contributed by atoms with Crippen molar-refractivity contribution < 1.29 is 14.3 Å². The first-order chi connectivity index (χ1) is 11.0. The van der Waals surface area contributed by atoms with Crippen molar-refractivity contribution in [2.45, 2.75) is 20.3 Å². The standard InChI is InChI=1S/C17H20N2O3S/c1-5-14-10(2)8-15(23-14)17(21)19-12-9-11(16(20)18-3)6-7-13(12)22-4/h6-9H,5H2,1-4H3,(H,18,20)(H,19,21). The van der Waals surface area contributed by atoms with Gasteiger partial charge in [-0.25, -0.2) is 0 Å². The number of rotatable bonds is 5. The molecule has 0 aliphatic carbocycles. The van der Waals surface area contributed by atoms with Gasteiger partial charge in [0.1, 0.15) is 5.75 Å². The molecule has 0 aliphatic rings. The lowest BCUT2D eigenvalue weighted by molar-refractivity contribution is 0.0961. The Morgan fingerprint density at radius 1 is 1.22 bits per heavy atom. The first-order valence-electron chi connectivity index (χ1n) is 7.30. The van der Waals surface area contributed by atoms with Gasteiger partial charge in [-0.3, -0.25) is 9.59 Å². The van der Waals surface area contributed by atoms with Crippen LogP contribution in [0.2, 0.25) is 0 Å². The first kappa shape index (κ1) is 17.0. The van der Waals surface area contributed by atoms with E-state index in [1.165, 1.54) is 23.3 Å². The van der Waals surface area contributed by atoms with Crippen molar-refractivity contribution in [2.24, 2.45) is 0 Å². The molecular formula is C17H20N2O3S. The summed E-state index contributed by atoms with van der Waals surface area (Å²) in [5.41, 5.74) is 2.05. The van der Waals surface area contributed by atoms with Crippen LogP contribution < -0.4 is 15.4 Å². The second kappa shape index (κ2) is 7.28. The number of ether oxygens (including phenoxy) is 1. The number of hydrogen-bond donors (Lipinski definition) is 2. The van der Waals surface area contributed by atoms with Crippen LogP contribution in [0, 0.1) is 6.92 Å². The third-order valence-corrected chi connectivity index (χ3v) is 4.88. The van der Waals surface area contributed by atoms with Gasteiger partial charge in [0.2, 0.25) is 0 Å². The lowest BCUT2D eigenvalue weighted by Gasteiger charge is -2.11. The number of nitrogens with one attached hydrogen (secondary N) is 2. The molecular weight excluding hydrogens is 312 g/mol. The number of hydrogen-bond acceptors (Lipinski definition) is 4. The summed E-state index contributed by atoms with van der Waals surface area (Å²) < 4.78 is 5.26. The molecule has 0 saturated heterocycles. The number of anilines is 1. The molecule has 0 unspecified atom stereocenters. The van der Waals surface area contributed by atoms with Crippen LogP contribution in [0.1, 0.15) is 37.4 Å². The second-order valence-electron chi connectivity index (χ2n) is 5.02. The highest BCUT2D eigenvalue weighted by atomic mass is 32.1. The number of aryl methyl sites for hydroxylation is 2. The van der Waals surface area contributed by atoms with Crippen LogP contribution in [0.3, 0.4) is 0 Å². The molecule has 0 spiro atoms. The molecule has 2 amide bonds. The van der Waals surface area contributed by atoms with E-state index in [4.69, 9.17) is 4.74 Å². The van der Waals surface area contributed by atoms with Crippen LogP contribution >= 0.6 is 11.3 Å². The Kier molecular flexibility index (Phi) is 5.39. The normalized spacial score (nSPS) is 10.3. The molecule has 6 heteroatoms. The molecule has 0 atom stereocenters. The maximum atomic E-state index is 12.5. The highest BCUT2D eigenvalue weighted by Gasteiger charge is 2.15. The van der Waals surface area contributed by atoms with Crippen molar-refractivity contribution in [3.8, 4) is 5.75 Å². The number of carbonyl (C=O) groups is 2. The molecule has 0 fully saturated rings. The zero-order chi connectivity index (χ0) is 17.0. The van der Waals surface area contributed by atoms with Crippen molar-refractivity contribution in [3.63, 3.8) is 0 Å². The van der Waals surface area contributed by atoms with Crippen molar-refractivity contribution >= 4 is 28.8 Å². The third kappa shape index (κ3) is 3.71. The Balaban J connectivity index is 2.29. The van der Waals surface area contributed by atoms with Crippen LogP contribution in [0.15, 0.2) is 24.3 Å². The number of thiophene rings is 1. The van der Waals surface area contributed by atoms with Gasteiger partial charge < -0.3 is 15.4 Å². The summed E-state index contributed by atoms with van der Waals surface area (Å²) in [6.07, 6.45) is 0.902.